The fraction of sp³-hybridized carbons (Fsp3) is 0.464. The van der Waals surface area contributed by atoms with Crippen molar-refractivity contribution in [2.75, 3.05) is 38.1 Å². The highest BCUT2D eigenvalue weighted by Gasteiger charge is 2.38. The molecule has 2 aromatic carbocycles. The summed E-state index contributed by atoms with van der Waals surface area (Å²) in [4.78, 5) is 26.4. The van der Waals surface area contributed by atoms with Gasteiger partial charge in [0.05, 0.1) is 17.6 Å². The van der Waals surface area contributed by atoms with Crippen molar-refractivity contribution < 1.29 is 40.8 Å². The number of carbonyl (C=O) groups is 1. The number of halogens is 5. The first kappa shape index (κ1) is 29.7. The lowest BCUT2D eigenvalue weighted by molar-refractivity contribution is -0.388. The van der Waals surface area contributed by atoms with Crippen LogP contribution in [0.2, 0.25) is 0 Å². The summed E-state index contributed by atoms with van der Waals surface area (Å²) < 4.78 is 78.5. The zero-order valence-electron chi connectivity index (χ0n) is 22.5. The average Bonchev–Trinajstić information content (AvgIpc) is 3.35. The molecule has 9 nitrogen and oxygen atoms in total. The van der Waals surface area contributed by atoms with Gasteiger partial charge in [0.15, 0.2) is 11.4 Å². The summed E-state index contributed by atoms with van der Waals surface area (Å²) in [6.45, 7) is 2.45. The maximum Gasteiger partial charge on any atom is 0.423 e. The minimum absolute atomic E-state index is 0.0177. The summed E-state index contributed by atoms with van der Waals surface area (Å²) in [6.07, 6.45) is -2.57. The molecule has 1 aromatic heterocycles. The number of fused-ring (bicyclic) bond motifs is 1. The fourth-order valence-electron chi connectivity index (χ4n) is 5.48. The number of nitro groups is 1. The van der Waals surface area contributed by atoms with Crippen molar-refractivity contribution in [1.29, 1.82) is 0 Å². The second-order valence-electron chi connectivity index (χ2n) is 10.6. The Bertz CT molecular complexity index is 1450. The first-order chi connectivity index (χ1) is 20.0. The zero-order chi connectivity index (χ0) is 30.0. The molecule has 226 valence electrons. The van der Waals surface area contributed by atoms with Gasteiger partial charge in [-0.05, 0) is 49.9 Å². The van der Waals surface area contributed by atoms with Gasteiger partial charge >= 0.3 is 6.18 Å². The van der Waals surface area contributed by atoms with E-state index in [0.29, 0.717) is 69.6 Å². The number of piperazine rings is 1. The molecule has 14 heteroatoms. The Morgan fingerprint density at radius 2 is 1.76 bits per heavy atom. The minimum atomic E-state index is -4.85. The van der Waals surface area contributed by atoms with Crippen molar-refractivity contribution in [1.82, 2.24) is 9.80 Å². The molecule has 42 heavy (non-hydrogen) atoms. The van der Waals surface area contributed by atoms with Crippen molar-refractivity contribution in [3.05, 3.63) is 69.5 Å². The molecule has 5 rings (SSSR count). The highest BCUT2D eigenvalue weighted by Crippen LogP contribution is 2.38. The van der Waals surface area contributed by atoms with Crippen LogP contribution < -0.4 is 5.32 Å². The number of ether oxygens (including phenoxy) is 1. The zero-order valence-corrected chi connectivity index (χ0v) is 22.5. The van der Waals surface area contributed by atoms with Crippen molar-refractivity contribution in [3.8, 4) is 0 Å². The first-order valence-corrected chi connectivity index (χ1v) is 13.6. The standard InChI is InChI=1S/C28H29F5N4O5/c29-18-11-17-12-22(42-27(17)24(30)13-18)15-35-7-9-36(10-8-35)26(38)16-41-21-4-1-19(2-5-21)34-20-3-6-25(37(39)40)23(14-20)28(31,32)33/h3,6,11-14,19,21,34H,1-2,4-5,7-10,15-16H2. The molecule has 0 unspecified atom stereocenters. The first-order valence-electron chi connectivity index (χ1n) is 13.6. The van der Waals surface area contributed by atoms with Crippen LogP contribution in [0.3, 0.4) is 0 Å². The van der Waals surface area contributed by atoms with E-state index in [9.17, 15) is 36.9 Å². The molecule has 1 N–H and O–H groups in total. The Morgan fingerprint density at radius 1 is 1.05 bits per heavy atom. The van der Waals surface area contributed by atoms with Gasteiger partial charge in [-0.15, -0.1) is 0 Å². The number of alkyl halides is 3. The van der Waals surface area contributed by atoms with Gasteiger partial charge in [0, 0.05) is 55.4 Å². The second-order valence-corrected chi connectivity index (χ2v) is 10.6. The quantitative estimate of drug-likeness (QED) is 0.202. The highest BCUT2D eigenvalue weighted by atomic mass is 19.4. The summed E-state index contributed by atoms with van der Waals surface area (Å²) in [7, 11) is 0. The van der Waals surface area contributed by atoms with Crippen LogP contribution in [0.25, 0.3) is 11.0 Å². The van der Waals surface area contributed by atoms with E-state index in [1.165, 1.54) is 12.1 Å². The van der Waals surface area contributed by atoms with Gasteiger partial charge in [-0.1, -0.05) is 0 Å². The van der Waals surface area contributed by atoms with Crippen LogP contribution >= 0.6 is 0 Å². The molecule has 0 atom stereocenters. The average molecular weight is 597 g/mol. The van der Waals surface area contributed by atoms with Crippen LogP contribution in [-0.4, -0.2) is 65.6 Å². The Labute approximate surface area is 237 Å². The number of hydrogen-bond acceptors (Lipinski definition) is 7. The third-order valence-corrected chi connectivity index (χ3v) is 7.68. The van der Waals surface area contributed by atoms with Gasteiger partial charge in [0.2, 0.25) is 5.91 Å². The number of nitrogens with zero attached hydrogens (tertiary/aromatic N) is 3. The predicted octanol–water partition coefficient (Wildman–Crippen LogP) is 5.72. The van der Waals surface area contributed by atoms with E-state index in [1.54, 1.807) is 11.0 Å². The van der Waals surface area contributed by atoms with Crippen LogP contribution in [0.15, 0.2) is 40.8 Å². The molecule has 0 spiro atoms. The lowest BCUT2D eigenvalue weighted by Gasteiger charge is -2.35. The summed E-state index contributed by atoms with van der Waals surface area (Å²) in [5.74, 6) is -1.05. The van der Waals surface area contributed by atoms with E-state index < -0.39 is 34.0 Å². The van der Waals surface area contributed by atoms with Crippen LogP contribution in [0, 0.1) is 21.7 Å². The number of amides is 1. The topological polar surface area (TPSA) is 101 Å². The third kappa shape index (κ3) is 6.98. The normalized spacial score (nSPS) is 20.2. The molecule has 1 saturated heterocycles. The third-order valence-electron chi connectivity index (χ3n) is 7.68. The number of anilines is 1. The van der Waals surface area contributed by atoms with Crippen LogP contribution in [0.1, 0.15) is 37.0 Å². The van der Waals surface area contributed by atoms with E-state index in [0.717, 1.165) is 18.2 Å². The maximum atomic E-state index is 13.9. The molecular formula is C28H29F5N4O5. The molecule has 1 aliphatic carbocycles. The predicted molar refractivity (Wildman–Crippen MR) is 142 cm³/mol. The Hall–Kier alpha value is -3.78. The van der Waals surface area contributed by atoms with E-state index in [4.69, 9.17) is 9.15 Å². The van der Waals surface area contributed by atoms with Gasteiger partial charge < -0.3 is 19.4 Å². The monoisotopic (exact) mass is 596 g/mol. The molecule has 1 amide bonds. The van der Waals surface area contributed by atoms with E-state index >= 15 is 0 Å². The van der Waals surface area contributed by atoms with Gasteiger partial charge in [0.1, 0.15) is 23.7 Å². The van der Waals surface area contributed by atoms with Crippen molar-refractivity contribution in [2.24, 2.45) is 0 Å². The fourth-order valence-corrected chi connectivity index (χ4v) is 5.48. The highest BCUT2D eigenvalue weighted by molar-refractivity contribution is 5.78. The van der Waals surface area contributed by atoms with Crippen LogP contribution in [0.5, 0.6) is 0 Å². The molecule has 3 aromatic rings. The molecule has 1 saturated carbocycles. The molecule has 2 heterocycles. The number of hydrogen-bond donors (Lipinski definition) is 1. The molecule has 1 aliphatic heterocycles. The smallest absolute Gasteiger partial charge is 0.423 e. The van der Waals surface area contributed by atoms with Crippen molar-refractivity contribution in [3.63, 3.8) is 0 Å². The number of furan rings is 1. The summed E-state index contributed by atoms with van der Waals surface area (Å²) in [6, 6.07) is 6.37. The summed E-state index contributed by atoms with van der Waals surface area (Å²) in [5, 5.41) is 14.4. The van der Waals surface area contributed by atoms with Gasteiger partial charge in [-0.2, -0.15) is 13.2 Å². The van der Waals surface area contributed by atoms with Crippen molar-refractivity contribution >= 4 is 28.3 Å². The summed E-state index contributed by atoms with van der Waals surface area (Å²) in [5.41, 5.74) is -2.11. The van der Waals surface area contributed by atoms with E-state index in [-0.39, 0.29) is 35.9 Å². The summed E-state index contributed by atoms with van der Waals surface area (Å²) >= 11 is 0. The van der Waals surface area contributed by atoms with Crippen LogP contribution in [-0.2, 0) is 22.3 Å². The molecule has 0 radical (unpaired) electrons. The molecule has 2 aliphatic rings. The van der Waals surface area contributed by atoms with Gasteiger partial charge in [0.25, 0.3) is 5.69 Å². The van der Waals surface area contributed by atoms with Crippen LogP contribution in [0.4, 0.5) is 33.3 Å². The van der Waals surface area contributed by atoms with Gasteiger partial charge in [-0.3, -0.25) is 19.8 Å². The van der Waals surface area contributed by atoms with E-state index in [2.05, 4.69) is 10.2 Å². The molecule has 2 fully saturated rings. The Morgan fingerprint density at radius 3 is 2.43 bits per heavy atom. The van der Waals surface area contributed by atoms with E-state index in [1.807, 2.05) is 0 Å². The molecular weight excluding hydrogens is 567 g/mol. The largest absolute Gasteiger partial charge is 0.457 e. The number of rotatable bonds is 8. The number of carbonyl (C=O) groups excluding carboxylic acids is 1. The van der Waals surface area contributed by atoms with Crippen molar-refractivity contribution in [2.45, 2.75) is 50.6 Å². The lowest BCUT2D eigenvalue weighted by Crippen LogP contribution is -2.49. The number of benzene rings is 2. The van der Waals surface area contributed by atoms with Gasteiger partial charge in [-0.25, -0.2) is 8.78 Å². The SMILES string of the molecule is O=C(COC1CCC(Nc2ccc([N+](=O)[O-])c(C(F)(F)F)c2)CC1)N1CCN(Cc2cc3cc(F)cc(F)c3o2)CC1. The number of nitrogens with one attached hydrogen (secondary N) is 1. The second kappa shape index (κ2) is 12.2. The Kier molecular flexibility index (Phi) is 8.64. The lowest BCUT2D eigenvalue weighted by atomic mass is 9.92. The molecule has 0 bridgehead atoms. The maximum absolute atomic E-state index is 13.9. The minimum Gasteiger partial charge on any atom is -0.457 e. The Balaban J connectivity index is 1.03. The number of nitro benzene ring substituents is 1.